The number of nitrogens with zero attached hydrogens (tertiary/aromatic N) is 1. The van der Waals surface area contributed by atoms with Gasteiger partial charge in [0, 0.05) is 12.6 Å². The molecule has 1 aromatic heterocycles. The van der Waals surface area contributed by atoms with Crippen LogP contribution in [0, 0.1) is 0 Å². The highest BCUT2D eigenvalue weighted by Gasteiger charge is 1.97. The fourth-order valence-corrected chi connectivity index (χ4v) is 1.04. The van der Waals surface area contributed by atoms with Gasteiger partial charge in [-0.1, -0.05) is 25.4 Å². The number of hydrogen-bond donors (Lipinski definition) is 0. The van der Waals surface area contributed by atoms with E-state index in [1.807, 2.05) is 13.8 Å². The topological polar surface area (TPSA) is 30.0 Å². The van der Waals surface area contributed by atoms with Crippen molar-refractivity contribution in [1.82, 2.24) is 4.98 Å². The molecule has 0 aliphatic rings. The third-order valence-electron chi connectivity index (χ3n) is 1.24. The highest BCUT2D eigenvalue weighted by molar-refractivity contribution is 6.29. The van der Waals surface area contributed by atoms with Crippen LogP contribution in [-0.2, 0) is 11.2 Å². The minimum Gasteiger partial charge on any atom is -0.300 e. The Hall–Kier alpha value is -0.890. The molecule has 0 radical (unpaired) electrons. The van der Waals surface area contributed by atoms with Gasteiger partial charge in [0.1, 0.15) is 10.9 Å². The van der Waals surface area contributed by atoms with Gasteiger partial charge in [0.25, 0.3) is 0 Å². The molecule has 0 fully saturated rings. The number of pyridine rings is 1. The molecular weight excluding hydrogens is 186 g/mol. The summed E-state index contributed by atoms with van der Waals surface area (Å²) >= 11 is 5.61. The van der Waals surface area contributed by atoms with Crippen LogP contribution in [0.5, 0.6) is 0 Å². The van der Waals surface area contributed by atoms with E-state index in [4.69, 9.17) is 11.6 Å². The Morgan fingerprint density at radius 1 is 1.54 bits per heavy atom. The molecule has 0 atom stereocenters. The zero-order valence-corrected chi connectivity index (χ0v) is 8.93. The van der Waals surface area contributed by atoms with Crippen LogP contribution in [0.1, 0.15) is 26.3 Å². The minimum atomic E-state index is 0.132. The number of aromatic nitrogens is 1. The standard InChI is InChI=1S/C8H8ClNO.C2H6/c1-6(11)4-7-2-3-10-8(9)5-7;1-2/h2-3,5H,4H2,1H3;1-2H3. The van der Waals surface area contributed by atoms with Crippen LogP contribution in [0.3, 0.4) is 0 Å². The summed E-state index contributed by atoms with van der Waals surface area (Å²) in [5.41, 5.74) is 0.914. The summed E-state index contributed by atoms with van der Waals surface area (Å²) in [6.07, 6.45) is 2.03. The quantitative estimate of drug-likeness (QED) is 0.686. The molecular formula is C10H14ClNO. The normalized spacial score (nSPS) is 8.62. The first kappa shape index (κ1) is 12.1. The number of carbonyl (C=O) groups is 1. The van der Waals surface area contributed by atoms with E-state index in [9.17, 15) is 4.79 Å². The van der Waals surface area contributed by atoms with Crippen LogP contribution in [-0.4, -0.2) is 10.8 Å². The monoisotopic (exact) mass is 199 g/mol. The molecule has 2 nitrogen and oxygen atoms in total. The number of halogens is 1. The lowest BCUT2D eigenvalue weighted by atomic mass is 10.1. The Kier molecular flexibility index (Phi) is 6.15. The van der Waals surface area contributed by atoms with Gasteiger partial charge in [0.2, 0.25) is 0 Å². The molecule has 3 heteroatoms. The van der Waals surface area contributed by atoms with E-state index in [1.165, 1.54) is 0 Å². The van der Waals surface area contributed by atoms with E-state index < -0.39 is 0 Å². The Morgan fingerprint density at radius 2 is 2.15 bits per heavy atom. The van der Waals surface area contributed by atoms with Crippen molar-refractivity contribution in [1.29, 1.82) is 0 Å². The number of Topliss-reactive ketones (excluding diaryl/α,β-unsaturated/α-hetero) is 1. The average Bonchev–Trinajstić information content (AvgIpc) is 2.06. The van der Waals surface area contributed by atoms with Crippen LogP contribution >= 0.6 is 11.6 Å². The Morgan fingerprint density at radius 3 is 2.62 bits per heavy atom. The van der Waals surface area contributed by atoms with Crippen LogP contribution in [0.2, 0.25) is 5.15 Å². The largest absolute Gasteiger partial charge is 0.300 e. The molecule has 0 amide bonds. The van der Waals surface area contributed by atoms with Crippen molar-refractivity contribution < 1.29 is 4.79 Å². The van der Waals surface area contributed by atoms with Gasteiger partial charge < -0.3 is 0 Å². The number of rotatable bonds is 2. The van der Waals surface area contributed by atoms with Crippen LogP contribution in [0.25, 0.3) is 0 Å². The molecule has 0 saturated heterocycles. The maximum absolute atomic E-state index is 10.7. The second-order valence-corrected chi connectivity index (χ2v) is 2.75. The lowest BCUT2D eigenvalue weighted by Gasteiger charge is -1.95. The third kappa shape index (κ3) is 5.36. The summed E-state index contributed by atoms with van der Waals surface area (Å²) in [6.45, 7) is 5.55. The molecule has 72 valence electrons. The van der Waals surface area contributed by atoms with Gasteiger partial charge in [-0.3, -0.25) is 4.79 Å². The van der Waals surface area contributed by atoms with E-state index in [0.29, 0.717) is 11.6 Å². The number of carbonyl (C=O) groups excluding carboxylic acids is 1. The van der Waals surface area contributed by atoms with Gasteiger partial charge in [-0.25, -0.2) is 4.98 Å². The first-order valence-electron chi connectivity index (χ1n) is 4.28. The zero-order chi connectivity index (χ0) is 10.3. The summed E-state index contributed by atoms with van der Waals surface area (Å²) in [6, 6.07) is 3.48. The molecule has 1 aromatic rings. The average molecular weight is 200 g/mol. The molecule has 0 N–H and O–H groups in total. The number of ketones is 1. The molecule has 0 unspecified atom stereocenters. The van der Waals surface area contributed by atoms with Crippen molar-refractivity contribution in [3.63, 3.8) is 0 Å². The second-order valence-electron chi connectivity index (χ2n) is 2.37. The predicted octanol–water partition coefficient (Wildman–Crippen LogP) is 2.89. The summed E-state index contributed by atoms with van der Waals surface area (Å²) in [5, 5.41) is 0.434. The fraction of sp³-hybridized carbons (Fsp3) is 0.400. The molecule has 1 rings (SSSR count). The second kappa shape index (κ2) is 6.61. The zero-order valence-electron chi connectivity index (χ0n) is 8.17. The van der Waals surface area contributed by atoms with Gasteiger partial charge in [-0.15, -0.1) is 0 Å². The maximum Gasteiger partial charge on any atom is 0.134 e. The van der Waals surface area contributed by atoms with Crippen LogP contribution in [0.4, 0.5) is 0 Å². The van der Waals surface area contributed by atoms with E-state index in [-0.39, 0.29) is 5.78 Å². The van der Waals surface area contributed by atoms with E-state index >= 15 is 0 Å². The highest BCUT2D eigenvalue weighted by Crippen LogP contribution is 2.07. The summed E-state index contributed by atoms with van der Waals surface area (Å²) in [4.78, 5) is 14.5. The lowest BCUT2D eigenvalue weighted by molar-refractivity contribution is -0.116. The molecule has 0 aliphatic heterocycles. The van der Waals surface area contributed by atoms with Crippen molar-refractivity contribution in [2.45, 2.75) is 27.2 Å². The Bertz CT molecular complexity index is 273. The predicted molar refractivity (Wildman–Crippen MR) is 55.0 cm³/mol. The Labute approximate surface area is 83.9 Å². The molecule has 13 heavy (non-hydrogen) atoms. The molecule has 0 aliphatic carbocycles. The molecule has 0 saturated carbocycles. The van der Waals surface area contributed by atoms with Crippen molar-refractivity contribution in [2.75, 3.05) is 0 Å². The van der Waals surface area contributed by atoms with Crippen LogP contribution < -0.4 is 0 Å². The summed E-state index contributed by atoms with van der Waals surface area (Å²) in [5.74, 6) is 0.132. The van der Waals surface area contributed by atoms with Crippen molar-refractivity contribution in [2.24, 2.45) is 0 Å². The summed E-state index contributed by atoms with van der Waals surface area (Å²) < 4.78 is 0. The van der Waals surface area contributed by atoms with Crippen molar-refractivity contribution in [3.8, 4) is 0 Å². The van der Waals surface area contributed by atoms with Gasteiger partial charge >= 0.3 is 0 Å². The van der Waals surface area contributed by atoms with Crippen molar-refractivity contribution in [3.05, 3.63) is 29.0 Å². The highest BCUT2D eigenvalue weighted by atomic mass is 35.5. The molecule has 0 aromatic carbocycles. The number of hydrogen-bond acceptors (Lipinski definition) is 2. The van der Waals surface area contributed by atoms with Gasteiger partial charge in [0.15, 0.2) is 0 Å². The van der Waals surface area contributed by atoms with E-state index in [1.54, 1.807) is 25.3 Å². The molecule has 0 bridgehead atoms. The van der Waals surface area contributed by atoms with Crippen LogP contribution in [0.15, 0.2) is 18.3 Å². The van der Waals surface area contributed by atoms with E-state index in [0.717, 1.165) is 5.56 Å². The maximum atomic E-state index is 10.7. The smallest absolute Gasteiger partial charge is 0.134 e. The lowest BCUT2D eigenvalue weighted by Crippen LogP contribution is -1.95. The molecule has 1 heterocycles. The van der Waals surface area contributed by atoms with Gasteiger partial charge in [-0.2, -0.15) is 0 Å². The third-order valence-corrected chi connectivity index (χ3v) is 1.45. The minimum absolute atomic E-state index is 0.132. The first-order chi connectivity index (χ1) is 6.18. The fourth-order valence-electron chi connectivity index (χ4n) is 0.840. The SMILES string of the molecule is CC.CC(=O)Cc1ccnc(Cl)c1. The van der Waals surface area contributed by atoms with Crippen molar-refractivity contribution >= 4 is 17.4 Å². The first-order valence-corrected chi connectivity index (χ1v) is 4.66. The molecule has 0 spiro atoms. The van der Waals surface area contributed by atoms with E-state index in [2.05, 4.69) is 4.98 Å². The Balaban J connectivity index is 0.000000671. The van der Waals surface area contributed by atoms with Gasteiger partial charge in [0.05, 0.1) is 0 Å². The van der Waals surface area contributed by atoms with Gasteiger partial charge in [-0.05, 0) is 24.6 Å². The summed E-state index contributed by atoms with van der Waals surface area (Å²) in [7, 11) is 0.